The van der Waals surface area contributed by atoms with Crippen molar-refractivity contribution >= 4 is 23.2 Å². The fourth-order valence-electron chi connectivity index (χ4n) is 1.50. The van der Waals surface area contributed by atoms with Gasteiger partial charge in [-0.05, 0) is 31.0 Å². The number of aliphatic hydroxyl groups excluding tert-OH is 1. The lowest BCUT2D eigenvalue weighted by Crippen LogP contribution is -2.32. The molecule has 0 saturated carbocycles. The van der Waals surface area contributed by atoms with E-state index in [0.717, 1.165) is 13.0 Å². The Hall–Kier alpha value is -0.480. The van der Waals surface area contributed by atoms with Gasteiger partial charge in [0.1, 0.15) is 23.5 Å². The fourth-order valence-corrected chi connectivity index (χ4v) is 1.85. The van der Waals surface area contributed by atoms with Gasteiger partial charge in [-0.1, -0.05) is 43.1 Å². The topological polar surface area (TPSA) is 41.5 Å². The maximum atomic E-state index is 9.77. The van der Waals surface area contributed by atoms with E-state index in [9.17, 15) is 5.11 Å². The summed E-state index contributed by atoms with van der Waals surface area (Å²) in [7, 11) is 0. The van der Waals surface area contributed by atoms with Gasteiger partial charge in [0.25, 0.3) is 0 Å². The largest absolute Gasteiger partial charge is 0.489 e. The highest BCUT2D eigenvalue weighted by molar-refractivity contribution is 6.42. The van der Waals surface area contributed by atoms with Crippen LogP contribution in [0.1, 0.15) is 20.3 Å². The van der Waals surface area contributed by atoms with Crippen LogP contribution < -0.4 is 10.1 Å². The fraction of sp³-hybridized carbons (Fsp3) is 0.571. The van der Waals surface area contributed by atoms with Crippen molar-refractivity contribution in [1.82, 2.24) is 5.32 Å². The summed E-state index contributed by atoms with van der Waals surface area (Å²) in [5, 5.41) is 13.8. The molecule has 1 unspecified atom stereocenters. The van der Waals surface area contributed by atoms with Crippen molar-refractivity contribution in [3.8, 4) is 5.75 Å². The second-order valence-corrected chi connectivity index (χ2v) is 5.69. The third kappa shape index (κ3) is 6.48. The number of nitrogens with one attached hydrogen (secondary N) is 1. The van der Waals surface area contributed by atoms with Crippen LogP contribution in [0.5, 0.6) is 5.75 Å². The molecular weight excluding hydrogens is 285 g/mol. The smallest absolute Gasteiger partial charge is 0.139 e. The number of ether oxygens (including phenoxy) is 1. The van der Waals surface area contributed by atoms with Gasteiger partial charge < -0.3 is 15.2 Å². The average Bonchev–Trinajstić information content (AvgIpc) is 2.36. The van der Waals surface area contributed by atoms with Gasteiger partial charge in [-0.15, -0.1) is 0 Å². The number of aliphatic hydroxyl groups is 1. The molecule has 1 aromatic rings. The molecule has 1 rings (SSSR count). The van der Waals surface area contributed by atoms with Gasteiger partial charge in [-0.25, -0.2) is 0 Å². The first-order valence-corrected chi connectivity index (χ1v) is 7.22. The zero-order valence-corrected chi connectivity index (χ0v) is 12.8. The summed E-state index contributed by atoms with van der Waals surface area (Å²) < 4.78 is 5.45. The van der Waals surface area contributed by atoms with E-state index in [1.54, 1.807) is 18.2 Å². The normalized spacial score (nSPS) is 12.7. The molecule has 0 aliphatic heterocycles. The number of hydrogen-bond donors (Lipinski definition) is 2. The average molecular weight is 306 g/mol. The van der Waals surface area contributed by atoms with Gasteiger partial charge in [0.15, 0.2) is 0 Å². The lowest BCUT2D eigenvalue weighted by atomic mass is 10.1. The van der Waals surface area contributed by atoms with Crippen LogP contribution in [-0.4, -0.2) is 30.9 Å². The Balaban J connectivity index is 2.26. The highest BCUT2D eigenvalue weighted by atomic mass is 35.5. The molecule has 0 bridgehead atoms. The van der Waals surface area contributed by atoms with E-state index in [1.165, 1.54) is 0 Å². The van der Waals surface area contributed by atoms with Crippen molar-refractivity contribution in [3.05, 3.63) is 28.2 Å². The molecule has 5 heteroatoms. The van der Waals surface area contributed by atoms with Crippen molar-refractivity contribution in [2.75, 3.05) is 19.7 Å². The molecule has 0 spiro atoms. The molecule has 0 aromatic heterocycles. The summed E-state index contributed by atoms with van der Waals surface area (Å²) in [5.41, 5.74) is 0. The third-order valence-corrected chi connectivity index (χ3v) is 3.43. The number of rotatable bonds is 8. The number of halogens is 2. The maximum absolute atomic E-state index is 9.77. The molecule has 0 saturated heterocycles. The molecule has 1 aromatic carbocycles. The first kappa shape index (κ1) is 16.6. The van der Waals surface area contributed by atoms with E-state index in [2.05, 4.69) is 19.2 Å². The van der Waals surface area contributed by atoms with Gasteiger partial charge in [-0.3, -0.25) is 0 Å². The van der Waals surface area contributed by atoms with Crippen LogP contribution in [-0.2, 0) is 0 Å². The van der Waals surface area contributed by atoms with Crippen molar-refractivity contribution in [2.45, 2.75) is 26.4 Å². The van der Waals surface area contributed by atoms with Crippen LogP contribution >= 0.6 is 23.2 Å². The zero-order chi connectivity index (χ0) is 14.3. The van der Waals surface area contributed by atoms with Crippen LogP contribution in [0.4, 0.5) is 0 Å². The minimum atomic E-state index is -0.567. The number of hydrogen-bond acceptors (Lipinski definition) is 3. The maximum Gasteiger partial charge on any atom is 0.139 e. The molecule has 19 heavy (non-hydrogen) atoms. The Morgan fingerprint density at radius 2 is 2.05 bits per heavy atom. The van der Waals surface area contributed by atoms with Crippen LogP contribution in [0.25, 0.3) is 0 Å². The predicted octanol–water partition coefficient (Wildman–Crippen LogP) is 3.37. The second-order valence-electron chi connectivity index (χ2n) is 4.90. The summed E-state index contributed by atoms with van der Waals surface area (Å²) in [6.07, 6.45) is 0.524. The van der Waals surface area contributed by atoms with Gasteiger partial charge in [0, 0.05) is 6.54 Å². The molecule has 0 amide bonds. The molecule has 0 fully saturated rings. The van der Waals surface area contributed by atoms with Gasteiger partial charge in [0.05, 0.1) is 5.02 Å². The molecule has 108 valence electrons. The Kier molecular flexibility index (Phi) is 7.54. The molecule has 2 N–H and O–H groups in total. The van der Waals surface area contributed by atoms with E-state index in [-0.39, 0.29) is 6.61 Å². The van der Waals surface area contributed by atoms with Gasteiger partial charge in [-0.2, -0.15) is 0 Å². The molecule has 0 radical (unpaired) electrons. The van der Waals surface area contributed by atoms with Crippen LogP contribution in [0.15, 0.2) is 18.2 Å². The van der Waals surface area contributed by atoms with Crippen molar-refractivity contribution in [1.29, 1.82) is 0 Å². The van der Waals surface area contributed by atoms with Gasteiger partial charge >= 0.3 is 0 Å². The lowest BCUT2D eigenvalue weighted by molar-refractivity contribution is 0.106. The minimum Gasteiger partial charge on any atom is -0.489 e. The Labute approximate surface area is 124 Å². The molecular formula is C14H21Cl2NO2. The quantitative estimate of drug-likeness (QED) is 0.724. The molecule has 0 heterocycles. The zero-order valence-electron chi connectivity index (χ0n) is 11.3. The van der Waals surface area contributed by atoms with Crippen LogP contribution in [0, 0.1) is 5.92 Å². The highest BCUT2D eigenvalue weighted by Crippen LogP contribution is 2.31. The number of benzene rings is 1. The third-order valence-electron chi connectivity index (χ3n) is 2.63. The summed E-state index contributed by atoms with van der Waals surface area (Å²) in [5.74, 6) is 1.15. The van der Waals surface area contributed by atoms with E-state index >= 15 is 0 Å². The first-order valence-electron chi connectivity index (χ1n) is 6.46. The highest BCUT2D eigenvalue weighted by Gasteiger charge is 2.09. The van der Waals surface area contributed by atoms with Crippen LogP contribution in [0.2, 0.25) is 10.0 Å². The van der Waals surface area contributed by atoms with E-state index in [4.69, 9.17) is 27.9 Å². The molecule has 0 aliphatic carbocycles. The SMILES string of the molecule is CC(C)CCNCC(O)COc1cccc(Cl)c1Cl. The Morgan fingerprint density at radius 1 is 1.32 bits per heavy atom. The molecule has 0 aliphatic rings. The summed E-state index contributed by atoms with van der Waals surface area (Å²) >= 11 is 11.9. The monoisotopic (exact) mass is 305 g/mol. The van der Waals surface area contributed by atoms with Gasteiger partial charge in [0.2, 0.25) is 0 Å². The van der Waals surface area contributed by atoms with Crippen molar-refractivity contribution in [2.24, 2.45) is 5.92 Å². The summed E-state index contributed by atoms with van der Waals surface area (Å²) in [4.78, 5) is 0. The Bertz CT molecular complexity index is 386. The molecule has 3 nitrogen and oxygen atoms in total. The van der Waals surface area contributed by atoms with E-state index in [0.29, 0.717) is 28.3 Å². The predicted molar refractivity (Wildman–Crippen MR) is 80.3 cm³/mol. The second kappa shape index (κ2) is 8.64. The Morgan fingerprint density at radius 3 is 2.74 bits per heavy atom. The van der Waals surface area contributed by atoms with E-state index < -0.39 is 6.10 Å². The van der Waals surface area contributed by atoms with E-state index in [1.807, 2.05) is 0 Å². The minimum absolute atomic E-state index is 0.189. The molecule has 1 atom stereocenters. The summed E-state index contributed by atoms with van der Waals surface area (Å²) in [6, 6.07) is 5.19. The lowest BCUT2D eigenvalue weighted by Gasteiger charge is -2.14. The van der Waals surface area contributed by atoms with Crippen molar-refractivity contribution in [3.63, 3.8) is 0 Å². The van der Waals surface area contributed by atoms with Crippen molar-refractivity contribution < 1.29 is 9.84 Å². The van der Waals surface area contributed by atoms with Crippen LogP contribution in [0.3, 0.4) is 0 Å². The standard InChI is InChI=1S/C14H21Cl2NO2/c1-10(2)6-7-17-8-11(18)9-19-13-5-3-4-12(15)14(13)16/h3-5,10-11,17-18H,6-9H2,1-2H3. The summed E-state index contributed by atoms with van der Waals surface area (Å²) in [6.45, 7) is 5.93. The first-order chi connectivity index (χ1) is 9.00.